The lowest BCUT2D eigenvalue weighted by molar-refractivity contribution is -0.390. The number of esters is 2. The molecular formula is C26H24NO8S2. The Kier molecular flexibility index (Phi) is 9.31. The van der Waals surface area contributed by atoms with Crippen LogP contribution < -0.4 is 0 Å². The summed E-state index contributed by atoms with van der Waals surface area (Å²) in [5, 5.41) is 11.4. The molecule has 37 heavy (non-hydrogen) atoms. The van der Waals surface area contributed by atoms with Gasteiger partial charge in [-0.05, 0) is 36.2 Å². The third-order valence-corrected chi connectivity index (χ3v) is 7.45. The second-order valence-electron chi connectivity index (χ2n) is 7.99. The first-order valence-electron chi connectivity index (χ1n) is 11.3. The van der Waals surface area contributed by atoms with Crippen molar-refractivity contribution in [1.82, 2.24) is 0 Å². The fourth-order valence-corrected chi connectivity index (χ4v) is 5.20. The molecule has 0 fully saturated rings. The number of sulfone groups is 1. The van der Waals surface area contributed by atoms with Crippen LogP contribution in [0.15, 0.2) is 87.5 Å². The molecule has 0 heterocycles. The third kappa shape index (κ3) is 6.89. The van der Waals surface area contributed by atoms with Gasteiger partial charge in [0.15, 0.2) is 4.90 Å². The molecular weight excluding hydrogens is 518 g/mol. The third-order valence-electron chi connectivity index (χ3n) is 5.32. The Morgan fingerprint density at radius 3 is 2.30 bits per heavy atom. The van der Waals surface area contributed by atoms with Crippen LogP contribution >= 0.6 is 12.6 Å². The highest BCUT2D eigenvalue weighted by Gasteiger charge is 2.30. The molecule has 3 aromatic carbocycles. The van der Waals surface area contributed by atoms with Gasteiger partial charge >= 0.3 is 17.6 Å². The van der Waals surface area contributed by atoms with Crippen molar-refractivity contribution in [1.29, 1.82) is 0 Å². The van der Waals surface area contributed by atoms with Crippen molar-refractivity contribution in [3.8, 4) is 0 Å². The predicted molar refractivity (Wildman–Crippen MR) is 136 cm³/mol. The minimum absolute atomic E-state index is 0.188. The van der Waals surface area contributed by atoms with Crippen LogP contribution in [0.5, 0.6) is 0 Å². The fraction of sp³-hybridized carbons (Fsp3) is 0.231. The van der Waals surface area contributed by atoms with E-state index in [-0.39, 0.29) is 22.8 Å². The van der Waals surface area contributed by atoms with Crippen LogP contribution in [0.25, 0.3) is 0 Å². The molecule has 9 nitrogen and oxygen atoms in total. The van der Waals surface area contributed by atoms with E-state index in [0.29, 0.717) is 17.5 Å². The number of nitro groups is 1. The molecule has 0 aliphatic carbocycles. The minimum atomic E-state index is -4.25. The first kappa shape index (κ1) is 27.8. The molecule has 0 saturated carbocycles. The zero-order valence-corrected chi connectivity index (χ0v) is 21.5. The van der Waals surface area contributed by atoms with E-state index in [1.54, 1.807) is 30.3 Å². The van der Waals surface area contributed by atoms with E-state index in [4.69, 9.17) is 22.1 Å². The maximum Gasteiger partial charge on any atom is 0.352 e. The number of benzene rings is 3. The number of carbonyl (C=O) groups excluding carboxylic acids is 2. The number of para-hydroxylation sites is 1. The number of hydrogen-bond acceptors (Lipinski definition) is 8. The molecule has 1 unspecified atom stereocenters. The summed E-state index contributed by atoms with van der Waals surface area (Å²) in [6.07, 6.45) is 0.0293. The molecule has 0 N–H and O–H groups in total. The van der Waals surface area contributed by atoms with Crippen LogP contribution in [0.1, 0.15) is 37.0 Å². The average Bonchev–Trinajstić information content (AvgIpc) is 2.87. The van der Waals surface area contributed by atoms with E-state index in [1.165, 1.54) is 36.4 Å². The minimum Gasteiger partial charge on any atom is -0.463 e. The quantitative estimate of drug-likeness (QED) is 0.141. The Bertz CT molecular complexity index is 1370. The van der Waals surface area contributed by atoms with Gasteiger partial charge in [0.05, 0.1) is 22.8 Å². The first-order chi connectivity index (χ1) is 17.6. The summed E-state index contributed by atoms with van der Waals surface area (Å²) in [4.78, 5) is 34.9. The molecule has 1 radical (unpaired) electrons. The Balaban J connectivity index is 1.77. The van der Waals surface area contributed by atoms with E-state index < -0.39 is 43.4 Å². The van der Waals surface area contributed by atoms with E-state index in [9.17, 15) is 28.1 Å². The van der Waals surface area contributed by atoms with Gasteiger partial charge in [0.25, 0.3) is 0 Å². The highest BCUT2D eigenvalue weighted by atomic mass is 32.2. The predicted octanol–water partition coefficient (Wildman–Crippen LogP) is 5.15. The van der Waals surface area contributed by atoms with Crippen molar-refractivity contribution in [2.24, 2.45) is 0 Å². The Morgan fingerprint density at radius 1 is 1.00 bits per heavy atom. The lowest BCUT2D eigenvalue weighted by Gasteiger charge is -2.17. The largest absolute Gasteiger partial charge is 0.463 e. The number of nitro benzene ring substituents is 1. The topological polar surface area (TPSA) is 130 Å². The maximum atomic E-state index is 13.0. The smallest absolute Gasteiger partial charge is 0.352 e. The summed E-state index contributed by atoms with van der Waals surface area (Å²) in [5.41, 5.74) is 0.217. The van der Waals surface area contributed by atoms with Gasteiger partial charge in [0.2, 0.25) is 15.9 Å². The Hall–Kier alpha value is -3.83. The van der Waals surface area contributed by atoms with Crippen molar-refractivity contribution in [3.63, 3.8) is 0 Å². The lowest BCUT2D eigenvalue weighted by atomic mass is 10.1. The number of hydrogen-bond donors (Lipinski definition) is 0. The summed E-state index contributed by atoms with van der Waals surface area (Å²) in [7, 11) is -4.25. The van der Waals surface area contributed by atoms with Crippen molar-refractivity contribution >= 4 is 40.1 Å². The van der Waals surface area contributed by atoms with E-state index in [1.807, 2.05) is 6.92 Å². The summed E-state index contributed by atoms with van der Waals surface area (Å²) in [6, 6.07) is 17.5. The molecule has 0 aliphatic rings. The van der Waals surface area contributed by atoms with E-state index in [2.05, 4.69) is 0 Å². The molecule has 193 valence electrons. The Morgan fingerprint density at radius 2 is 1.68 bits per heavy atom. The molecule has 1 atom stereocenters. The van der Waals surface area contributed by atoms with Gasteiger partial charge in [0, 0.05) is 5.56 Å². The van der Waals surface area contributed by atoms with Crippen molar-refractivity contribution in [3.05, 3.63) is 94.0 Å². The maximum absolute atomic E-state index is 13.0. The number of carbonyl (C=O) groups is 2. The van der Waals surface area contributed by atoms with Crippen LogP contribution in [-0.4, -0.2) is 31.9 Å². The molecule has 0 spiro atoms. The van der Waals surface area contributed by atoms with E-state index >= 15 is 0 Å². The first-order valence-corrected chi connectivity index (χ1v) is 13.2. The second-order valence-corrected chi connectivity index (χ2v) is 10.3. The van der Waals surface area contributed by atoms with Crippen LogP contribution in [0.2, 0.25) is 0 Å². The molecule has 0 bridgehead atoms. The monoisotopic (exact) mass is 542 g/mol. The van der Waals surface area contributed by atoms with Crippen LogP contribution in [-0.2, 0) is 35.3 Å². The van der Waals surface area contributed by atoms with Crippen LogP contribution in [0.4, 0.5) is 5.69 Å². The SMILES string of the molecule is CCCCOC(=O)C(OC(=O)Cc1ccc(S(=O)(=O)c2cccc([S])c2[N+](=O)[O-])cc1)c1ccccc1. The summed E-state index contributed by atoms with van der Waals surface area (Å²) in [5.74, 6) is -1.40. The second kappa shape index (κ2) is 12.4. The average molecular weight is 543 g/mol. The van der Waals surface area contributed by atoms with Crippen molar-refractivity contribution < 1.29 is 32.4 Å². The number of nitrogens with zero attached hydrogens (tertiary/aromatic N) is 1. The molecule has 0 aromatic heterocycles. The van der Waals surface area contributed by atoms with Crippen molar-refractivity contribution in [2.75, 3.05) is 6.61 Å². The normalized spacial score (nSPS) is 11.9. The molecule has 0 saturated heterocycles. The summed E-state index contributed by atoms with van der Waals surface area (Å²) >= 11 is 4.93. The number of rotatable bonds is 11. The van der Waals surface area contributed by atoms with Gasteiger partial charge < -0.3 is 9.47 Å². The van der Waals surface area contributed by atoms with Gasteiger partial charge in [-0.3, -0.25) is 14.9 Å². The molecule has 0 amide bonds. The van der Waals surface area contributed by atoms with Crippen LogP contribution in [0.3, 0.4) is 0 Å². The summed E-state index contributed by atoms with van der Waals surface area (Å²) < 4.78 is 36.8. The Labute approximate surface area is 219 Å². The van der Waals surface area contributed by atoms with Gasteiger partial charge in [-0.2, -0.15) is 0 Å². The number of ether oxygens (including phenoxy) is 2. The highest BCUT2D eigenvalue weighted by molar-refractivity contribution is 7.91. The molecule has 3 aromatic rings. The standard InChI is InChI=1S/C26H24NO8S2/c1-2-3-16-34-26(29)25(19-8-5-4-6-9-19)35-23(28)17-18-12-14-20(15-13-18)37(32,33)22-11-7-10-21(36)24(22)27(30)31/h4-15,25H,2-3,16-17H2,1H3. The molecule has 11 heteroatoms. The van der Waals surface area contributed by atoms with Crippen molar-refractivity contribution in [2.45, 2.75) is 47.0 Å². The van der Waals surface area contributed by atoms with Gasteiger partial charge in [0.1, 0.15) is 4.90 Å². The van der Waals surface area contributed by atoms with Gasteiger partial charge in [-0.15, -0.1) is 0 Å². The molecule has 0 aliphatic heterocycles. The fourth-order valence-electron chi connectivity index (χ4n) is 3.43. The van der Waals surface area contributed by atoms with E-state index in [0.717, 1.165) is 12.5 Å². The zero-order chi connectivity index (χ0) is 27.0. The summed E-state index contributed by atoms with van der Waals surface area (Å²) in [6.45, 7) is 2.16. The van der Waals surface area contributed by atoms with Gasteiger partial charge in [-0.1, -0.05) is 74.5 Å². The zero-order valence-electron chi connectivity index (χ0n) is 19.9. The number of unbranched alkanes of at least 4 members (excludes halogenated alkanes) is 1. The van der Waals surface area contributed by atoms with Crippen LogP contribution in [0, 0.1) is 10.1 Å². The van der Waals surface area contributed by atoms with Gasteiger partial charge in [-0.25, -0.2) is 13.2 Å². The highest BCUT2D eigenvalue weighted by Crippen LogP contribution is 2.34. The molecule has 3 rings (SSSR count). The lowest BCUT2D eigenvalue weighted by Crippen LogP contribution is -2.23.